The van der Waals surface area contributed by atoms with Gasteiger partial charge in [0, 0.05) is 28.4 Å². The van der Waals surface area contributed by atoms with Crippen LogP contribution in [0.4, 0.5) is 5.69 Å². The molecule has 138 valence electrons. The summed E-state index contributed by atoms with van der Waals surface area (Å²) in [5, 5.41) is 3.63. The number of ketones is 1. The molecule has 1 aromatic heterocycles. The van der Waals surface area contributed by atoms with E-state index in [1.807, 2.05) is 24.3 Å². The predicted octanol–water partition coefficient (Wildman–Crippen LogP) is 3.66. The zero-order chi connectivity index (χ0) is 19.4. The lowest BCUT2D eigenvalue weighted by Gasteiger charge is -2.08. The lowest BCUT2D eigenvalue weighted by Crippen LogP contribution is -2.18. The molecule has 27 heavy (non-hydrogen) atoms. The molecule has 6 nitrogen and oxygen atoms in total. The Bertz CT molecular complexity index is 1000. The van der Waals surface area contributed by atoms with E-state index in [-0.39, 0.29) is 18.2 Å². The summed E-state index contributed by atoms with van der Waals surface area (Å²) in [5.41, 5.74) is 2.43. The smallest absolute Gasteiger partial charge is 0.338 e. The molecule has 3 rings (SSSR count). The Morgan fingerprint density at radius 2 is 1.74 bits per heavy atom. The van der Waals surface area contributed by atoms with Gasteiger partial charge in [-0.25, -0.2) is 4.79 Å². The van der Waals surface area contributed by atoms with E-state index in [1.54, 1.807) is 42.0 Å². The fourth-order valence-electron chi connectivity index (χ4n) is 2.92. The first-order valence-electron chi connectivity index (χ1n) is 8.65. The summed E-state index contributed by atoms with van der Waals surface area (Å²) in [7, 11) is 0. The van der Waals surface area contributed by atoms with E-state index in [2.05, 4.69) is 5.32 Å². The fourth-order valence-corrected chi connectivity index (χ4v) is 2.92. The van der Waals surface area contributed by atoms with Gasteiger partial charge in [0.15, 0.2) is 5.78 Å². The molecule has 0 spiro atoms. The number of ether oxygens (including phenoxy) is 1. The number of nitrogens with zero attached hydrogens (tertiary/aromatic N) is 1. The van der Waals surface area contributed by atoms with Crippen LogP contribution in [-0.2, 0) is 16.1 Å². The fraction of sp³-hybridized carbons (Fsp3) is 0.190. The molecule has 6 heteroatoms. The number of amides is 1. The standard InChI is InChI=1S/C21H20N2O4/c1-3-27-21(26)15-8-10-16(11-9-15)22-20(25)13-23-12-18(14(2)24)17-6-4-5-7-19(17)23/h4-12H,3,13H2,1-2H3,(H,22,25). The molecule has 0 aliphatic carbocycles. The van der Waals surface area contributed by atoms with Gasteiger partial charge in [-0.05, 0) is 44.2 Å². The Morgan fingerprint density at radius 3 is 2.41 bits per heavy atom. The first-order valence-corrected chi connectivity index (χ1v) is 8.65. The van der Waals surface area contributed by atoms with Gasteiger partial charge in [0.2, 0.25) is 5.91 Å². The highest BCUT2D eigenvalue weighted by atomic mass is 16.5. The molecule has 1 N–H and O–H groups in total. The van der Waals surface area contributed by atoms with E-state index < -0.39 is 5.97 Å². The number of benzene rings is 2. The van der Waals surface area contributed by atoms with Gasteiger partial charge < -0.3 is 14.6 Å². The molecule has 1 heterocycles. The largest absolute Gasteiger partial charge is 0.462 e. The Balaban J connectivity index is 1.74. The number of Topliss-reactive ketones (excluding diaryl/α,β-unsaturated/α-hetero) is 1. The van der Waals surface area contributed by atoms with E-state index in [9.17, 15) is 14.4 Å². The monoisotopic (exact) mass is 364 g/mol. The Morgan fingerprint density at radius 1 is 1.04 bits per heavy atom. The van der Waals surface area contributed by atoms with Gasteiger partial charge in [-0.2, -0.15) is 0 Å². The maximum atomic E-state index is 12.4. The first-order chi connectivity index (χ1) is 13.0. The van der Waals surface area contributed by atoms with E-state index in [0.29, 0.717) is 23.4 Å². The highest BCUT2D eigenvalue weighted by molar-refractivity contribution is 6.07. The van der Waals surface area contributed by atoms with Gasteiger partial charge in [0.1, 0.15) is 6.54 Å². The van der Waals surface area contributed by atoms with Crippen molar-refractivity contribution >= 4 is 34.3 Å². The number of esters is 1. The molecular weight excluding hydrogens is 344 g/mol. The summed E-state index contributed by atoms with van der Waals surface area (Å²) < 4.78 is 6.69. The average molecular weight is 364 g/mol. The molecule has 0 saturated carbocycles. The normalized spacial score (nSPS) is 10.6. The molecule has 0 aliphatic heterocycles. The highest BCUT2D eigenvalue weighted by Crippen LogP contribution is 2.22. The summed E-state index contributed by atoms with van der Waals surface area (Å²) >= 11 is 0. The van der Waals surface area contributed by atoms with Crippen molar-refractivity contribution in [1.82, 2.24) is 4.57 Å². The van der Waals surface area contributed by atoms with Crippen molar-refractivity contribution in [3.05, 3.63) is 65.9 Å². The van der Waals surface area contributed by atoms with Crippen molar-refractivity contribution in [3.63, 3.8) is 0 Å². The SMILES string of the molecule is CCOC(=O)c1ccc(NC(=O)Cn2cc(C(C)=O)c3ccccc32)cc1. The maximum Gasteiger partial charge on any atom is 0.338 e. The number of fused-ring (bicyclic) bond motifs is 1. The van der Waals surface area contributed by atoms with Crippen molar-refractivity contribution in [1.29, 1.82) is 0 Å². The van der Waals surface area contributed by atoms with Crippen molar-refractivity contribution in [2.75, 3.05) is 11.9 Å². The molecule has 1 amide bonds. The number of nitrogens with one attached hydrogen (secondary N) is 1. The average Bonchev–Trinajstić information content (AvgIpc) is 3.01. The molecule has 0 bridgehead atoms. The lowest BCUT2D eigenvalue weighted by atomic mass is 10.1. The van der Waals surface area contributed by atoms with Crippen molar-refractivity contribution in [2.24, 2.45) is 0 Å². The van der Waals surface area contributed by atoms with Crippen LogP contribution >= 0.6 is 0 Å². The van der Waals surface area contributed by atoms with Crippen LogP contribution in [0.3, 0.4) is 0 Å². The van der Waals surface area contributed by atoms with Crippen LogP contribution in [0, 0.1) is 0 Å². The zero-order valence-electron chi connectivity index (χ0n) is 15.2. The van der Waals surface area contributed by atoms with E-state index in [4.69, 9.17) is 4.74 Å². The second-order valence-corrected chi connectivity index (χ2v) is 6.09. The van der Waals surface area contributed by atoms with Gasteiger partial charge in [0.05, 0.1) is 12.2 Å². The first kappa shape index (κ1) is 18.4. The van der Waals surface area contributed by atoms with Gasteiger partial charge in [-0.1, -0.05) is 18.2 Å². The van der Waals surface area contributed by atoms with Crippen LogP contribution in [-0.4, -0.2) is 28.8 Å². The van der Waals surface area contributed by atoms with E-state index in [0.717, 1.165) is 10.9 Å². The summed E-state index contributed by atoms with van der Waals surface area (Å²) in [6.07, 6.45) is 1.70. The summed E-state index contributed by atoms with van der Waals surface area (Å²) in [6, 6.07) is 14.0. The maximum absolute atomic E-state index is 12.4. The second kappa shape index (κ2) is 7.86. The van der Waals surface area contributed by atoms with Crippen LogP contribution < -0.4 is 5.32 Å². The van der Waals surface area contributed by atoms with Crippen molar-refractivity contribution in [3.8, 4) is 0 Å². The van der Waals surface area contributed by atoms with Crippen LogP contribution in [0.2, 0.25) is 0 Å². The number of para-hydroxylation sites is 1. The summed E-state index contributed by atoms with van der Waals surface area (Å²) in [6.45, 7) is 3.64. The minimum atomic E-state index is -0.397. The minimum Gasteiger partial charge on any atom is -0.462 e. The summed E-state index contributed by atoms with van der Waals surface area (Å²) in [5.74, 6) is -0.666. The molecule has 0 radical (unpaired) electrons. The van der Waals surface area contributed by atoms with Crippen molar-refractivity contribution < 1.29 is 19.1 Å². The Labute approximate surface area is 156 Å². The van der Waals surface area contributed by atoms with E-state index in [1.165, 1.54) is 6.92 Å². The molecule has 0 aliphatic rings. The summed E-state index contributed by atoms with van der Waals surface area (Å²) in [4.78, 5) is 35.9. The zero-order valence-corrected chi connectivity index (χ0v) is 15.2. The number of aromatic nitrogens is 1. The van der Waals surface area contributed by atoms with Gasteiger partial charge >= 0.3 is 5.97 Å². The van der Waals surface area contributed by atoms with Crippen molar-refractivity contribution in [2.45, 2.75) is 20.4 Å². The van der Waals surface area contributed by atoms with Crippen LogP contribution in [0.5, 0.6) is 0 Å². The molecule has 3 aromatic rings. The number of carbonyl (C=O) groups excluding carboxylic acids is 3. The number of rotatable bonds is 6. The second-order valence-electron chi connectivity index (χ2n) is 6.09. The predicted molar refractivity (Wildman–Crippen MR) is 103 cm³/mol. The van der Waals surface area contributed by atoms with E-state index >= 15 is 0 Å². The molecule has 0 fully saturated rings. The van der Waals surface area contributed by atoms with Crippen LogP contribution in [0.15, 0.2) is 54.7 Å². The minimum absolute atomic E-state index is 0.0417. The third-order valence-electron chi connectivity index (χ3n) is 4.16. The third-order valence-corrected chi connectivity index (χ3v) is 4.16. The quantitative estimate of drug-likeness (QED) is 0.535. The molecule has 0 unspecified atom stereocenters. The highest BCUT2D eigenvalue weighted by Gasteiger charge is 2.14. The Hall–Kier alpha value is -3.41. The van der Waals surface area contributed by atoms with Crippen LogP contribution in [0.25, 0.3) is 10.9 Å². The van der Waals surface area contributed by atoms with Gasteiger partial charge in [-0.15, -0.1) is 0 Å². The lowest BCUT2D eigenvalue weighted by molar-refractivity contribution is -0.116. The Kier molecular flexibility index (Phi) is 5.35. The number of anilines is 1. The number of hydrogen-bond acceptors (Lipinski definition) is 4. The van der Waals surface area contributed by atoms with Crippen LogP contribution in [0.1, 0.15) is 34.6 Å². The number of carbonyl (C=O) groups is 3. The topological polar surface area (TPSA) is 77.4 Å². The molecule has 2 aromatic carbocycles. The van der Waals surface area contributed by atoms with Gasteiger partial charge in [-0.3, -0.25) is 9.59 Å². The number of hydrogen-bond donors (Lipinski definition) is 1. The molecule has 0 saturated heterocycles. The third kappa shape index (κ3) is 4.06. The van der Waals surface area contributed by atoms with Gasteiger partial charge in [0.25, 0.3) is 0 Å². The molecule has 0 atom stereocenters. The molecular formula is C21H20N2O4.